The lowest BCUT2D eigenvalue weighted by Crippen LogP contribution is -2.46. The summed E-state index contributed by atoms with van der Waals surface area (Å²) < 4.78 is 0. The zero-order chi connectivity index (χ0) is 17.8. The van der Waals surface area contributed by atoms with E-state index in [1.807, 2.05) is 12.1 Å². The third-order valence-corrected chi connectivity index (χ3v) is 5.81. The van der Waals surface area contributed by atoms with E-state index < -0.39 is 0 Å². The average Bonchev–Trinajstić information content (AvgIpc) is 3.41. The average molecular weight is 364 g/mol. The van der Waals surface area contributed by atoms with Crippen LogP contribution in [-0.4, -0.2) is 36.6 Å². The quantitative estimate of drug-likeness (QED) is 0.783. The Balaban J connectivity index is 1.55. The number of anilines is 1. The first kappa shape index (κ1) is 18.5. The van der Waals surface area contributed by atoms with Crippen LogP contribution >= 0.6 is 11.6 Å². The Morgan fingerprint density at radius 1 is 1.16 bits per heavy atom. The van der Waals surface area contributed by atoms with Crippen molar-refractivity contribution in [1.82, 2.24) is 10.2 Å². The molecular weight excluding hydrogens is 334 g/mol. The van der Waals surface area contributed by atoms with Gasteiger partial charge in [-0.3, -0.25) is 0 Å². The molecule has 2 aliphatic rings. The van der Waals surface area contributed by atoms with Crippen molar-refractivity contribution in [2.75, 3.05) is 25.0 Å². The molecule has 2 N–H and O–H groups in total. The summed E-state index contributed by atoms with van der Waals surface area (Å²) in [5.41, 5.74) is 3.05. The number of carbonyl (C=O) groups is 1. The number of carbonyl (C=O) groups excluding carboxylic acids is 1. The summed E-state index contributed by atoms with van der Waals surface area (Å²) in [6, 6.07) is 4.10. The van der Waals surface area contributed by atoms with E-state index in [0.29, 0.717) is 0 Å². The zero-order valence-electron chi connectivity index (χ0n) is 15.4. The van der Waals surface area contributed by atoms with Crippen molar-refractivity contribution in [3.05, 3.63) is 28.3 Å². The molecule has 25 heavy (non-hydrogen) atoms. The molecule has 0 aromatic heterocycles. The number of hydrogen-bond acceptors (Lipinski definition) is 2. The first-order chi connectivity index (χ1) is 12.1. The lowest BCUT2D eigenvalue weighted by molar-refractivity contribution is 0.190. The van der Waals surface area contributed by atoms with Gasteiger partial charge in [-0.05, 0) is 61.6 Å². The van der Waals surface area contributed by atoms with Gasteiger partial charge in [-0.15, -0.1) is 0 Å². The Kier molecular flexibility index (Phi) is 6.24. The van der Waals surface area contributed by atoms with Crippen LogP contribution in [0.2, 0.25) is 5.02 Å². The molecule has 1 aliphatic carbocycles. The Bertz CT molecular complexity index is 607. The van der Waals surface area contributed by atoms with Crippen molar-refractivity contribution in [2.24, 2.45) is 5.92 Å². The smallest absolute Gasteiger partial charge is 0.319 e. The van der Waals surface area contributed by atoms with Crippen molar-refractivity contribution in [3.8, 4) is 0 Å². The molecule has 0 atom stereocenters. The number of likely N-dealkylation sites (tertiary alicyclic amines) is 1. The topological polar surface area (TPSA) is 44.4 Å². The number of rotatable bonds is 6. The molecule has 1 aromatic rings. The van der Waals surface area contributed by atoms with Gasteiger partial charge in [0, 0.05) is 30.7 Å². The maximum atomic E-state index is 12.5. The van der Waals surface area contributed by atoms with E-state index in [9.17, 15) is 4.79 Å². The van der Waals surface area contributed by atoms with Crippen molar-refractivity contribution < 1.29 is 4.79 Å². The predicted molar refractivity (Wildman–Crippen MR) is 105 cm³/mol. The van der Waals surface area contributed by atoms with Crippen molar-refractivity contribution >= 4 is 23.3 Å². The van der Waals surface area contributed by atoms with Gasteiger partial charge in [0.25, 0.3) is 0 Å². The molecule has 138 valence electrons. The minimum Gasteiger partial charge on any atom is -0.335 e. The van der Waals surface area contributed by atoms with E-state index in [2.05, 4.69) is 29.4 Å². The molecule has 2 amide bonds. The summed E-state index contributed by atoms with van der Waals surface area (Å²) in [5, 5.41) is 6.96. The molecule has 1 saturated heterocycles. The number of urea groups is 1. The first-order valence-corrected chi connectivity index (χ1v) is 10.1. The van der Waals surface area contributed by atoms with E-state index in [-0.39, 0.29) is 12.1 Å². The van der Waals surface area contributed by atoms with E-state index in [1.54, 1.807) is 0 Å². The van der Waals surface area contributed by atoms with Gasteiger partial charge >= 0.3 is 6.03 Å². The number of amides is 2. The number of aryl methyl sites for hydroxylation is 1. The fourth-order valence-corrected chi connectivity index (χ4v) is 4.02. The molecule has 2 fully saturated rings. The van der Waals surface area contributed by atoms with Crippen LogP contribution in [0.4, 0.5) is 10.5 Å². The zero-order valence-corrected chi connectivity index (χ0v) is 16.2. The fourth-order valence-electron chi connectivity index (χ4n) is 3.73. The molecule has 1 heterocycles. The monoisotopic (exact) mass is 363 g/mol. The maximum Gasteiger partial charge on any atom is 0.319 e. The highest BCUT2D eigenvalue weighted by molar-refractivity contribution is 6.31. The predicted octanol–water partition coefficient (Wildman–Crippen LogP) is 4.46. The summed E-state index contributed by atoms with van der Waals surface area (Å²) in [5.74, 6) is 0.940. The normalized spacial score (nSPS) is 19.0. The number of nitrogens with zero attached hydrogens (tertiary/aromatic N) is 1. The number of nitrogens with one attached hydrogen (secondary N) is 2. The van der Waals surface area contributed by atoms with Crippen molar-refractivity contribution in [1.29, 1.82) is 0 Å². The fraction of sp³-hybridized carbons (Fsp3) is 0.650. The molecule has 1 saturated carbocycles. The molecule has 0 bridgehead atoms. The van der Waals surface area contributed by atoms with Crippen LogP contribution < -0.4 is 10.6 Å². The van der Waals surface area contributed by atoms with Crippen LogP contribution in [0.3, 0.4) is 0 Å². The van der Waals surface area contributed by atoms with E-state index in [0.717, 1.165) is 66.5 Å². The summed E-state index contributed by atoms with van der Waals surface area (Å²) in [6.45, 7) is 7.61. The lowest BCUT2D eigenvalue weighted by atomic mass is 10.0. The number of halogens is 1. The highest BCUT2D eigenvalue weighted by Gasteiger charge is 2.27. The maximum absolute atomic E-state index is 12.5. The molecule has 0 radical (unpaired) electrons. The van der Waals surface area contributed by atoms with Gasteiger partial charge in [-0.2, -0.15) is 0 Å². The largest absolute Gasteiger partial charge is 0.335 e. The van der Waals surface area contributed by atoms with Crippen LogP contribution in [-0.2, 0) is 12.8 Å². The van der Waals surface area contributed by atoms with E-state index in [1.165, 1.54) is 19.4 Å². The molecule has 0 spiro atoms. The Morgan fingerprint density at radius 3 is 2.48 bits per heavy atom. The Morgan fingerprint density at radius 2 is 1.88 bits per heavy atom. The number of hydrogen-bond donors (Lipinski definition) is 2. The summed E-state index contributed by atoms with van der Waals surface area (Å²) >= 11 is 6.32. The molecule has 3 rings (SSSR count). The van der Waals surface area contributed by atoms with Gasteiger partial charge in [0.15, 0.2) is 0 Å². The van der Waals surface area contributed by atoms with E-state index in [4.69, 9.17) is 11.6 Å². The third kappa shape index (κ3) is 4.89. The van der Waals surface area contributed by atoms with Crippen LogP contribution in [0.25, 0.3) is 0 Å². The first-order valence-electron chi connectivity index (χ1n) is 9.70. The third-order valence-electron chi connectivity index (χ3n) is 5.45. The highest BCUT2D eigenvalue weighted by Crippen LogP contribution is 2.31. The van der Waals surface area contributed by atoms with Gasteiger partial charge in [-0.1, -0.05) is 31.5 Å². The molecule has 4 nitrogen and oxygen atoms in total. The number of benzene rings is 1. The second-order valence-electron chi connectivity index (χ2n) is 7.38. The Labute approximate surface area is 156 Å². The van der Waals surface area contributed by atoms with Crippen LogP contribution in [0.1, 0.15) is 50.7 Å². The lowest BCUT2D eigenvalue weighted by Gasteiger charge is -2.32. The molecular formula is C20H30ClN3O. The van der Waals surface area contributed by atoms with E-state index >= 15 is 0 Å². The second-order valence-corrected chi connectivity index (χ2v) is 7.79. The SMILES string of the molecule is CCc1ccc(Cl)c(CC)c1NC(=O)NC1CCN(CC2CC2)CC1. The summed E-state index contributed by atoms with van der Waals surface area (Å²) in [4.78, 5) is 15.1. The summed E-state index contributed by atoms with van der Waals surface area (Å²) in [6.07, 6.45) is 6.56. The van der Waals surface area contributed by atoms with Gasteiger partial charge in [-0.25, -0.2) is 4.79 Å². The molecule has 1 aliphatic heterocycles. The second kappa shape index (κ2) is 8.41. The summed E-state index contributed by atoms with van der Waals surface area (Å²) in [7, 11) is 0. The van der Waals surface area contributed by atoms with Gasteiger partial charge in [0.1, 0.15) is 0 Å². The standard InChI is InChI=1S/C20H30ClN3O/c1-3-15-7-8-18(21)17(4-2)19(15)23-20(25)22-16-9-11-24(12-10-16)13-14-5-6-14/h7-8,14,16H,3-6,9-13H2,1-2H3,(H2,22,23,25). The minimum atomic E-state index is -0.104. The van der Waals surface area contributed by atoms with Gasteiger partial charge in [0.2, 0.25) is 0 Å². The van der Waals surface area contributed by atoms with Crippen LogP contribution in [0.5, 0.6) is 0 Å². The van der Waals surface area contributed by atoms with Crippen LogP contribution in [0.15, 0.2) is 12.1 Å². The number of piperidine rings is 1. The van der Waals surface area contributed by atoms with Crippen molar-refractivity contribution in [2.45, 2.75) is 58.4 Å². The van der Waals surface area contributed by atoms with Crippen molar-refractivity contribution in [3.63, 3.8) is 0 Å². The Hall–Kier alpha value is -1.26. The molecule has 5 heteroatoms. The molecule has 1 aromatic carbocycles. The minimum absolute atomic E-state index is 0.104. The van der Waals surface area contributed by atoms with Crippen LogP contribution in [0, 0.1) is 5.92 Å². The van der Waals surface area contributed by atoms with Gasteiger partial charge in [0.05, 0.1) is 5.69 Å². The molecule has 0 unspecified atom stereocenters. The van der Waals surface area contributed by atoms with Gasteiger partial charge < -0.3 is 15.5 Å². The highest BCUT2D eigenvalue weighted by atomic mass is 35.5.